The molecule has 21 heavy (non-hydrogen) atoms. The Hall–Kier alpha value is -2.56. The van der Waals surface area contributed by atoms with E-state index in [2.05, 4.69) is 33.6 Å². The molecule has 0 unspecified atom stereocenters. The highest BCUT2D eigenvalue weighted by Crippen LogP contribution is 2.34. The SMILES string of the molecule is Cn1ccc(-n2cncc2-c2cccc3c2NCCC3)n1. The minimum atomic E-state index is 0.887. The zero-order valence-electron chi connectivity index (χ0n) is 12.0. The van der Waals surface area contributed by atoms with E-state index in [-0.39, 0.29) is 0 Å². The number of hydrogen-bond acceptors (Lipinski definition) is 3. The van der Waals surface area contributed by atoms with Crippen molar-refractivity contribution in [2.24, 2.45) is 7.05 Å². The zero-order valence-corrected chi connectivity index (χ0v) is 12.0. The minimum absolute atomic E-state index is 0.887. The van der Waals surface area contributed by atoms with E-state index < -0.39 is 0 Å². The van der Waals surface area contributed by atoms with Crippen molar-refractivity contribution in [1.29, 1.82) is 0 Å². The highest BCUT2D eigenvalue weighted by molar-refractivity contribution is 5.79. The predicted octanol–water partition coefficient (Wildman–Crippen LogP) is 2.63. The summed E-state index contributed by atoms with van der Waals surface area (Å²) < 4.78 is 3.84. The largest absolute Gasteiger partial charge is 0.384 e. The van der Waals surface area contributed by atoms with Gasteiger partial charge in [0.25, 0.3) is 0 Å². The number of nitrogens with zero attached hydrogens (tertiary/aromatic N) is 4. The third kappa shape index (κ3) is 2.01. The number of anilines is 1. The second kappa shape index (κ2) is 4.77. The van der Waals surface area contributed by atoms with E-state index in [9.17, 15) is 0 Å². The molecule has 0 bridgehead atoms. The lowest BCUT2D eigenvalue weighted by Gasteiger charge is -2.21. The number of fused-ring (bicyclic) bond motifs is 1. The number of benzene rings is 1. The van der Waals surface area contributed by atoms with Crippen molar-refractivity contribution in [3.63, 3.8) is 0 Å². The number of imidazole rings is 1. The monoisotopic (exact) mass is 279 g/mol. The van der Waals surface area contributed by atoms with E-state index in [4.69, 9.17) is 0 Å². The van der Waals surface area contributed by atoms with Crippen LogP contribution in [0.3, 0.4) is 0 Å². The first kappa shape index (κ1) is 12.2. The molecule has 5 heteroatoms. The lowest BCUT2D eigenvalue weighted by molar-refractivity contribution is 0.751. The molecule has 0 radical (unpaired) electrons. The molecule has 0 amide bonds. The van der Waals surface area contributed by atoms with Crippen LogP contribution in [0.4, 0.5) is 5.69 Å². The van der Waals surface area contributed by atoms with E-state index in [1.165, 1.54) is 23.2 Å². The molecule has 1 N–H and O–H groups in total. The van der Waals surface area contributed by atoms with E-state index in [1.807, 2.05) is 36.4 Å². The summed E-state index contributed by atoms with van der Waals surface area (Å²) in [6.07, 6.45) is 7.99. The van der Waals surface area contributed by atoms with Crippen molar-refractivity contribution >= 4 is 5.69 Å². The Morgan fingerprint density at radius 2 is 2.19 bits per heavy atom. The lowest BCUT2D eigenvalue weighted by atomic mass is 9.98. The summed E-state index contributed by atoms with van der Waals surface area (Å²) >= 11 is 0. The molecule has 1 aliphatic rings. The van der Waals surface area contributed by atoms with Crippen LogP contribution in [0.15, 0.2) is 43.0 Å². The molecule has 1 aliphatic heterocycles. The molecular weight excluding hydrogens is 262 g/mol. The third-order valence-electron chi connectivity index (χ3n) is 3.94. The van der Waals surface area contributed by atoms with Crippen molar-refractivity contribution < 1.29 is 0 Å². The maximum absolute atomic E-state index is 4.47. The topological polar surface area (TPSA) is 47.7 Å². The van der Waals surface area contributed by atoms with Crippen LogP contribution in [0.2, 0.25) is 0 Å². The number of aryl methyl sites for hydroxylation is 2. The minimum Gasteiger partial charge on any atom is -0.384 e. The Balaban J connectivity index is 1.87. The van der Waals surface area contributed by atoms with E-state index >= 15 is 0 Å². The third-order valence-corrected chi connectivity index (χ3v) is 3.94. The van der Waals surface area contributed by atoms with E-state index in [0.29, 0.717) is 0 Å². The Morgan fingerprint density at radius 3 is 3.05 bits per heavy atom. The molecule has 1 aromatic carbocycles. The van der Waals surface area contributed by atoms with Crippen LogP contribution in [0.5, 0.6) is 0 Å². The van der Waals surface area contributed by atoms with Gasteiger partial charge in [-0.3, -0.25) is 9.25 Å². The summed E-state index contributed by atoms with van der Waals surface area (Å²) in [4.78, 5) is 4.32. The van der Waals surface area contributed by atoms with Gasteiger partial charge in [0.15, 0.2) is 5.82 Å². The van der Waals surface area contributed by atoms with Gasteiger partial charge in [0.05, 0.1) is 11.9 Å². The number of hydrogen-bond donors (Lipinski definition) is 1. The first-order valence-corrected chi connectivity index (χ1v) is 7.21. The van der Waals surface area contributed by atoms with Gasteiger partial charge in [-0.1, -0.05) is 18.2 Å². The first-order valence-electron chi connectivity index (χ1n) is 7.21. The van der Waals surface area contributed by atoms with Crippen molar-refractivity contribution in [2.75, 3.05) is 11.9 Å². The van der Waals surface area contributed by atoms with Gasteiger partial charge in [0.1, 0.15) is 6.33 Å². The lowest BCUT2D eigenvalue weighted by Crippen LogP contribution is -2.13. The summed E-state index contributed by atoms with van der Waals surface area (Å²) in [5.74, 6) is 0.887. The smallest absolute Gasteiger partial charge is 0.160 e. The zero-order chi connectivity index (χ0) is 14.2. The van der Waals surface area contributed by atoms with Crippen LogP contribution >= 0.6 is 0 Å². The molecule has 4 rings (SSSR count). The quantitative estimate of drug-likeness (QED) is 0.784. The molecule has 0 atom stereocenters. The average Bonchev–Trinajstić information content (AvgIpc) is 3.15. The fourth-order valence-corrected chi connectivity index (χ4v) is 2.93. The van der Waals surface area contributed by atoms with Gasteiger partial charge in [-0.15, -0.1) is 0 Å². The van der Waals surface area contributed by atoms with Crippen molar-refractivity contribution in [3.05, 3.63) is 48.5 Å². The van der Waals surface area contributed by atoms with Gasteiger partial charge in [-0.05, 0) is 18.4 Å². The molecule has 0 saturated heterocycles. The van der Waals surface area contributed by atoms with Crippen LogP contribution in [0, 0.1) is 0 Å². The molecule has 0 spiro atoms. The predicted molar refractivity (Wildman–Crippen MR) is 82.6 cm³/mol. The standard InChI is InChI=1S/C16H17N5/c1-20-9-7-15(19-20)21-11-17-10-14(21)13-6-2-4-12-5-3-8-18-16(12)13/h2,4,6-7,9-11,18H,3,5,8H2,1H3. The van der Waals surface area contributed by atoms with Crippen LogP contribution < -0.4 is 5.32 Å². The fourth-order valence-electron chi connectivity index (χ4n) is 2.93. The first-order chi connectivity index (χ1) is 10.3. The maximum Gasteiger partial charge on any atom is 0.160 e. The van der Waals surface area contributed by atoms with E-state index in [0.717, 1.165) is 24.5 Å². The van der Waals surface area contributed by atoms with Crippen LogP contribution in [0.25, 0.3) is 17.1 Å². The Kier molecular flexibility index (Phi) is 2.77. The van der Waals surface area contributed by atoms with Crippen LogP contribution in [0.1, 0.15) is 12.0 Å². The molecule has 3 heterocycles. The number of rotatable bonds is 2. The maximum atomic E-state index is 4.47. The van der Waals surface area contributed by atoms with Gasteiger partial charge in [-0.25, -0.2) is 4.98 Å². The molecule has 0 saturated carbocycles. The molecule has 106 valence electrons. The van der Waals surface area contributed by atoms with Gasteiger partial charge < -0.3 is 5.32 Å². The summed E-state index contributed by atoms with van der Waals surface area (Å²) in [7, 11) is 1.92. The second-order valence-electron chi connectivity index (χ2n) is 5.37. The van der Waals surface area contributed by atoms with Crippen molar-refractivity contribution in [1.82, 2.24) is 19.3 Å². The van der Waals surface area contributed by atoms with Gasteiger partial charge in [0, 0.05) is 37.1 Å². The molecular formula is C16H17N5. The molecule has 0 aliphatic carbocycles. The van der Waals surface area contributed by atoms with Crippen molar-refractivity contribution in [3.8, 4) is 17.1 Å². The highest BCUT2D eigenvalue weighted by atomic mass is 15.3. The molecule has 3 aromatic rings. The summed E-state index contributed by atoms with van der Waals surface area (Å²) in [6, 6.07) is 8.46. The Bertz CT molecular complexity index is 784. The Morgan fingerprint density at radius 1 is 1.24 bits per heavy atom. The van der Waals surface area contributed by atoms with Gasteiger partial charge in [-0.2, -0.15) is 5.10 Å². The summed E-state index contributed by atoms with van der Waals surface area (Å²) in [5, 5.41) is 8.01. The number of para-hydroxylation sites is 1. The van der Waals surface area contributed by atoms with Crippen LogP contribution in [-0.2, 0) is 13.5 Å². The molecule has 5 nitrogen and oxygen atoms in total. The van der Waals surface area contributed by atoms with Gasteiger partial charge >= 0.3 is 0 Å². The normalized spacial score (nSPS) is 13.8. The van der Waals surface area contributed by atoms with Crippen LogP contribution in [-0.4, -0.2) is 25.9 Å². The van der Waals surface area contributed by atoms with Gasteiger partial charge in [0.2, 0.25) is 0 Å². The molecule has 2 aromatic heterocycles. The Labute approximate surface area is 123 Å². The number of nitrogens with one attached hydrogen (secondary N) is 1. The molecule has 0 fully saturated rings. The summed E-state index contributed by atoms with van der Waals surface area (Å²) in [5.41, 5.74) is 4.88. The summed E-state index contributed by atoms with van der Waals surface area (Å²) in [6.45, 7) is 1.03. The highest BCUT2D eigenvalue weighted by Gasteiger charge is 2.17. The van der Waals surface area contributed by atoms with E-state index in [1.54, 1.807) is 4.68 Å². The number of aromatic nitrogens is 4. The fraction of sp³-hybridized carbons (Fsp3) is 0.250. The average molecular weight is 279 g/mol. The van der Waals surface area contributed by atoms with Crippen molar-refractivity contribution in [2.45, 2.75) is 12.8 Å². The second-order valence-corrected chi connectivity index (χ2v) is 5.37.